The van der Waals surface area contributed by atoms with Crippen LogP contribution in [0, 0.1) is 0 Å². The molecule has 0 saturated carbocycles. The minimum Gasteiger partial charge on any atom is -0.270 e. The van der Waals surface area contributed by atoms with Gasteiger partial charge in [-0.3, -0.25) is 4.72 Å². The lowest BCUT2D eigenvalue weighted by Gasteiger charge is -2.10. The van der Waals surface area contributed by atoms with Crippen LogP contribution in [0.5, 0.6) is 0 Å². The molecule has 1 fully saturated rings. The summed E-state index contributed by atoms with van der Waals surface area (Å²) in [5.74, 6) is 0. The highest BCUT2D eigenvalue weighted by molar-refractivity contribution is 7.90. The third-order valence-electron chi connectivity index (χ3n) is 2.77. The van der Waals surface area contributed by atoms with Gasteiger partial charge in [0.15, 0.2) is 0 Å². The van der Waals surface area contributed by atoms with Gasteiger partial charge in [0.05, 0.1) is 5.69 Å². The molecule has 88 valence electrons. The normalized spacial score (nSPS) is 16.0. The van der Waals surface area contributed by atoms with Crippen molar-refractivity contribution in [3.8, 4) is 0 Å². The van der Waals surface area contributed by atoms with Crippen LogP contribution in [0.15, 0.2) is 42.5 Å². The topological polar surface area (TPSA) is 49.2 Å². The maximum absolute atomic E-state index is 11.8. The van der Waals surface area contributed by atoms with Crippen LogP contribution in [-0.4, -0.2) is 25.8 Å². The lowest BCUT2D eigenvalue weighted by atomic mass is 10.1. The molecule has 4 nitrogen and oxygen atoms in total. The van der Waals surface area contributed by atoms with Crippen LogP contribution in [-0.2, 0) is 10.2 Å². The van der Waals surface area contributed by atoms with E-state index in [-0.39, 0.29) is 0 Å². The first-order chi connectivity index (χ1) is 8.17. The Morgan fingerprint density at radius 1 is 1.00 bits per heavy atom. The minimum absolute atomic E-state index is 0.611. The molecule has 0 aliphatic carbocycles. The Kier molecular flexibility index (Phi) is 2.31. The molecule has 1 N–H and O–H groups in total. The van der Waals surface area contributed by atoms with Crippen molar-refractivity contribution < 1.29 is 8.42 Å². The Morgan fingerprint density at radius 2 is 1.71 bits per heavy atom. The average molecular weight is 248 g/mol. The van der Waals surface area contributed by atoms with Crippen LogP contribution in [0.2, 0.25) is 0 Å². The highest BCUT2D eigenvalue weighted by Crippen LogP contribution is 2.25. The molecule has 0 unspecified atom stereocenters. The molecule has 0 radical (unpaired) electrons. The van der Waals surface area contributed by atoms with E-state index in [1.54, 1.807) is 6.07 Å². The number of nitrogens with one attached hydrogen (secondary N) is 1. The lowest BCUT2D eigenvalue weighted by Crippen LogP contribution is -2.20. The van der Waals surface area contributed by atoms with Gasteiger partial charge in [-0.2, -0.15) is 12.7 Å². The largest absolute Gasteiger partial charge is 0.301 e. The van der Waals surface area contributed by atoms with Gasteiger partial charge in [-0.05, 0) is 11.5 Å². The molecule has 0 bridgehead atoms. The van der Waals surface area contributed by atoms with Gasteiger partial charge in [-0.1, -0.05) is 36.4 Å². The Hall–Kier alpha value is -1.59. The zero-order chi connectivity index (χ0) is 11.9. The monoisotopic (exact) mass is 248 g/mol. The Bertz CT molecular complexity index is 658. The van der Waals surface area contributed by atoms with E-state index in [4.69, 9.17) is 0 Å². The number of benzene rings is 2. The number of anilines is 1. The highest BCUT2D eigenvalue weighted by atomic mass is 32.2. The number of hydrogen-bond acceptors (Lipinski definition) is 2. The molecule has 17 heavy (non-hydrogen) atoms. The van der Waals surface area contributed by atoms with Crippen molar-refractivity contribution in [2.24, 2.45) is 0 Å². The Balaban J connectivity index is 2.06. The van der Waals surface area contributed by atoms with Crippen molar-refractivity contribution >= 4 is 26.7 Å². The average Bonchev–Trinajstić information content (AvgIpc) is 3.13. The predicted molar refractivity (Wildman–Crippen MR) is 68.1 cm³/mol. The SMILES string of the molecule is O=S(=O)(Nc1cccc2ccccc12)N1CC1. The van der Waals surface area contributed by atoms with Crippen LogP contribution < -0.4 is 4.72 Å². The van der Waals surface area contributed by atoms with Gasteiger partial charge in [0, 0.05) is 18.5 Å². The summed E-state index contributed by atoms with van der Waals surface area (Å²) >= 11 is 0. The quantitative estimate of drug-likeness (QED) is 0.842. The summed E-state index contributed by atoms with van der Waals surface area (Å²) in [6.45, 7) is 1.22. The first kappa shape index (κ1) is 10.6. The molecule has 0 amide bonds. The zero-order valence-electron chi connectivity index (χ0n) is 9.13. The third kappa shape index (κ3) is 1.99. The molecule has 5 heteroatoms. The molecule has 0 atom stereocenters. The molecule has 3 rings (SSSR count). The van der Waals surface area contributed by atoms with Gasteiger partial charge >= 0.3 is 10.2 Å². The van der Waals surface area contributed by atoms with E-state index in [0.717, 1.165) is 10.8 Å². The van der Waals surface area contributed by atoms with Crippen LogP contribution in [0.25, 0.3) is 10.8 Å². The molecule has 0 spiro atoms. The van der Waals surface area contributed by atoms with Crippen molar-refractivity contribution in [1.29, 1.82) is 0 Å². The summed E-state index contributed by atoms with van der Waals surface area (Å²) in [6, 6.07) is 13.3. The Morgan fingerprint density at radius 3 is 2.47 bits per heavy atom. The predicted octanol–water partition coefficient (Wildman–Crippen LogP) is 1.81. The summed E-state index contributed by atoms with van der Waals surface area (Å²) < 4.78 is 27.7. The van der Waals surface area contributed by atoms with Crippen LogP contribution >= 0.6 is 0 Å². The van der Waals surface area contributed by atoms with Crippen molar-refractivity contribution in [1.82, 2.24) is 4.31 Å². The fraction of sp³-hybridized carbons (Fsp3) is 0.167. The summed E-state index contributed by atoms with van der Waals surface area (Å²) in [7, 11) is -3.35. The standard InChI is InChI=1S/C12H12N2O2S/c15-17(16,14-8-9-14)13-12-7-3-5-10-4-1-2-6-11(10)12/h1-7,13H,8-9H2. The summed E-state index contributed by atoms with van der Waals surface area (Å²) in [4.78, 5) is 0. The molecule has 2 aromatic carbocycles. The van der Waals surface area contributed by atoms with E-state index in [2.05, 4.69) is 4.72 Å². The van der Waals surface area contributed by atoms with Gasteiger partial charge in [-0.15, -0.1) is 0 Å². The van der Waals surface area contributed by atoms with Crippen molar-refractivity contribution in [2.45, 2.75) is 0 Å². The molecule has 1 aliphatic rings. The molecule has 1 heterocycles. The second-order valence-corrected chi connectivity index (χ2v) is 5.70. The second kappa shape index (κ2) is 3.72. The van der Waals surface area contributed by atoms with Gasteiger partial charge in [0.2, 0.25) is 0 Å². The summed E-state index contributed by atoms with van der Waals surface area (Å²) in [5.41, 5.74) is 0.634. The van der Waals surface area contributed by atoms with E-state index in [1.165, 1.54) is 4.31 Å². The van der Waals surface area contributed by atoms with Gasteiger partial charge in [0.1, 0.15) is 0 Å². The van der Waals surface area contributed by atoms with E-state index < -0.39 is 10.2 Å². The van der Waals surface area contributed by atoms with Crippen LogP contribution in [0.1, 0.15) is 0 Å². The van der Waals surface area contributed by atoms with Gasteiger partial charge in [-0.25, -0.2) is 0 Å². The fourth-order valence-corrected chi connectivity index (χ4v) is 2.95. The Labute approximate surface area is 100 Å². The highest BCUT2D eigenvalue weighted by Gasteiger charge is 2.31. The van der Waals surface area contributed by atoms with Crippen LogP contribution in [0.3, 0.4) is 0 Å². The number of nitrogens with zero attached hydrogens (tertiary/aromatic N) is 1. The third-order valence-corrected chi connectivity index (χ3v) is 4.30. The first-order valence-electron chi connectivity index (χ1n) is 5.42. The number of fused-ring (bicyclic) bond motifs is 1. The molecular formula is C12H12N2O2S. The van der Waals surface area contributed by atoms with Crippen LogP contribution in [0.4, 0.5) is 5.69 Å². The molecule has 2 aromatic rings. The summed E-state index contributed by atoms with van der Waals surface area (Å²) in [5, 5.41) is 1.94. The lowest BCUT2D eigenvalue weighted by molar-refractivity contribution is 0.569. The van der Waals surface area contributed by atoms with Crippen molar-refractivity contribution in [2.75, 3.05) is 17.8 Å². The maximum Gasteiger partial charge on any atom is 0.301 e. The van der Waals surface area contributed by atoms with E-state index >= 15 is 0 Å². The molecule has 1 aliphatic heterocycles. The molecular weight excluding hydrogens is 236 g/mol. The maximum atomic E-state index is 11.8. The molecule has 1 saturated heterocycles. The number of hydrogen-bond donors (Lipinski definition) is 1. The van der Waals surface area contributed by atoms with Crippen molar-refractivity contribution in [3.63, 3.8) is 0 Å². The minimum atomic E-state index is -3.35. The van der Waals surface area contributed by atoms with Gasteiger partial charge < -0.3 is 0 Å². The second-order valence-electron chi connectivity index (χ2n) is 4.03. The van der Waals surface area contributed by atoms with Crippen molar-refractivity contribution in [3.05, 3.63) is 42.5 Å². The van der Waals surface area contributed by atoms with E-state index in [9.17, 15) is 8.42 Å². The zero-order valence-corrected chi connectivity index (χ0v) is 9.94. The number of rotatable bonds is 3. The van der Waals surface area contributed by atoms with Gasteiger partial charge in [0.25, 0.3) is 0 Å². The van der Waals surface area contributed by atoms with E-state index in [0.29, 0.717) is 18.8 Å². The molecule has 0 aromatic heterocycles. The first-order valence-corrected chi connectivity index (χ1v) is 6.86. The fourth-order valence-electron chi connectivity index (χ4n) is 1.80. The summed E-state index contributed by atoms with van der Waals surface area (Å²) in [6.07, 6.45) is 0. The van der Waals surface area contributed by atoms with E-state index in [1.807, 2.05) is 36.4 Å². The smallest absolute Gasteiger partial charge is 0.270 e.